The summed E-state index contributed by atoms with van der Waals surface area (Å²) in [6.07, 6.45) is 3.36. The number of piperidine rings is 1. The first-order valence-electron chi connectivity index (χ1n) is 9.64. The summed E-state index contributed by atoms with van der Waals surface area (Å²) in [5, 5.41) is 2.88. The van der Waals surface area contributed by atoms with E-state index in [-0.39, 0.29) is 11.8 Å². The largest absolute Gasteiger partial charge is 0.322 e. The van der Waals surface area contributed by atoms with Crippen LogP contribution in [0.15, 0.2) is 52.3 Å². The molecule has 2 amide bonds. The lowest BCUT2D eigenvalue weighted by Gasteiger charge is -2.25. The predicted molar refractivity (Wildman–Crippen MR) is 117 cm³/mol. The molecule has 0 saturated carbocycles. The molecular weight excluding hydrogens is 406 g/mol. The predicted octanol–water partition coefficient (Wildman–Crippen LogP) is 3.52. The van der Waals surface area contributed by atoms with Crippen LogP contribution >= 0.6 is 11.8 Å². The first-order valence-corrected chi connectivity index (χ1v) is 11.7. The number of carbonyl (C=O) groups excluding carboxylic acids is 2. The summed E-state index contributed by atoms with van der Waals surface area (Å²) < 4.78 is 14.7. The van der Waals surface area contributed by atoms with E-state index < -0.39 is 11.0 Å². The quantitative estimate of drug-likeness (QED) is 0.807. The van der Waals surface area contributed by atoms with Crippen LogP contribution in [0.2, 0.25) is 0 Å². The molecule has 6 nitrogen and oxygen atoms in total. The first-order chi connectivity index (χ1) is 14.0. The molecule has 29 heavy (non-hydrogen) atoms. The maximum Gasteiger partial charge on any atom is 0.255 e. The molecular formula is C21H23N3O3S2. The Balaban J connectivity index is 1.45. The number of anilines is 2. The topological polar surface area (TPSA) is 69.7 Å². The molecule has 2 heterocycles. The number of amides is 2. The third kappa shape index (κ3) is 4.39. The molecule has 0 bridgehead atoms. The van der Waals surface area contributed by atoms with E-state index in [0.717, 1.165) is 41.4 Å². The Bertz CT molecular complexity index is 956. The van der Waals surface area contributed by atoms with E-state index in [9.17, 15) is 13.8 Å². The molecule has 8 heteroatoms. The lowest BCUT2D eigenvalue weighted by molar-refractivity contribution is -0.116. The monoisotopic (exact) mass is 429 g/mol. The lowest BCUT2D eigenvalue weighted by atomic mass is 10.1. The van der Waals surface area contributed by atoms with Gasteiger partial charge in [0.05, 0.1) is 16.3 Å². The van der Waals surface area contributed by atoms with Crippen molar-refractivity contribution in [2.75, 3.05) is 36.1 Å². The van der Waals surface area contributed by atoms with Crippen molar-refractivity contribution in [3.8, 4) is 0 Å². The molecule has 0 aliphatic carbocycles. The van der Waals surface area contributed by atoms with E-state index >= 15 is 0 Å². The maximum absolute atomic E-state index is 12.7. The van der Waals surface area contributed by atoms with Gasteiger partial charge in [-0.25, -0.2) is 8.51 Å². The Morgan fingerprint density at radius 3 is 2.52 bits per heavy atom. The van der Waals surface area contributed by atoms with Crippen LogP contribution in [0.5, 0.6) is 0 Å². The molecule has 2 aromatic rings. The molecule has 1 atom stereocenters. The zero-order valence-corrected chi connectivity index (χ0v) is 17.9. The number of thioether (sulfide) groups is 1. The van der Waals surface area contributed by atoms with Gasteiger partial charge >= 0.3 is 0 Å². The van der Waals surface area contributed by atoms with E-state index in [4.69, 9.17) is 0 Å². The van der Waals surface area contributed by atoms with Crippen molar-refractivity contribution in [3.05, 3.63) is 48.0 Å². The average Bonchev–Trinajstić information content (AvgIpc) is 2.77. The SMILES string of the molecule is CN1C(=O)CSc2ccc(C(=O)Nc3ccc(S(=O)N4CCCCC4)cc3)cc21. The second kappa shape index (κ2) is 8.69. The lowest BCUT2D eigenvalue weighted by Crippen LogP contribution is -2.31. The van der Waals surface area contributed by atoms with Gasteiger partial charge < -0.3 is 10.2 Å². The summed E-state index contributed by atoms with van der Waals surface area (Å²) in [6, 6.07) is 12.5. The van der Waals surface area contributed by atoms with Crippen molar-refractivity contribution >= 4 is 45.9 Å². The maximum atomic E-state index is 12.7. The van der Waals surface area contributed by atoms with Gasteiger partial charge in [-0.2, -0.15) is 0 Å². The first kappa shape index (κ1) is 20.1. The standard InChI is InChI=1S/C21H23N3O3S2/c1-23-18-13-15(5-10-19(18)28-14-20(23)25)21(26)22-16-6-8-17(9-7-16)29(27)24-11-3-2-4-12-24/h5-10,13H,2-4,11-12,14H2,1H3,(H,22,26). The van der Waals surface area contributed by atoms with E-state index in [1.165, 1.54) is 18.2 Å². The Labute approximate surface area is 177 Å². The van der Waals surface area contributed by atoms with Crippen LogP contribution in [0.4, 0.5) is 11.4 Å². The van der Waals surface area contributed by atoms with Gasteiger partial charge in [0.15, 0.2) is 0 Å². The van der Waals surface area contributed by atoms with Crippen LogP contribution in [0.25, 0.3) is 0 Å². The molecule has 1 N–H and O–H groups in total. The van der Waals surface area contributed by atoms with Crippen LogP contribution < -0.4 is 10.2 Å². The van der Waals surface area contributed by atoms with Gasteiger partial charge in [-0.1, -0.05) is 6.42 Å². The van der Waals surface area contributed by atoms with Crippen LogP contribution in [0, 0.1) is 0 Å². The highest BCUT2D eigenvalue weighted by atomic mass is 32.2. The Morgan fingerprint density at radius 2 is 1.79 bits per heavy atom. The van der Waals surface area contributed by atoms with Crippen molar-refractivity contribution in [3.63, 3.8) is 0 Å². The highest BCUT2D eigenvalue weighted by Crippen LogP contribution is 2.35. The van der Waals surface area contributed by atoms with Crippen molar-refractivity contribution in [1.29, 1.82) is 0 Å². The second-order valence-electron chi connectivity index (χ2n) is 7.14. The van der Waals surface area contributed by atoms with E-state index in [1.54, 1.807) is 48.3 Å². The van der Waals surface area contributed by atoms with Gasteiger partial charge in [-0.3, -0.25) is 9.59 Å². The minimum atomic E-state index is -1.16. The molecule has 152 valence electrons. The summed E-state index contributed by atoms with van der Waals surface area (Å²) in [4.78, 5) is 27.9. The third-order valence-corrected chi connectivity index (χ3v) is 7.73. The molecule has 0 aromatic heterocycles. The van der Waals surface area contributed by atoms with Crippen LogP contribution in [-0.4, -0.2) is 46.2 Å². The molecule has 1 unspecified atom stereocenters. The molecule has 1 fully saturated rings. The van der Waals surface area contributed by atoms with Gasteiger partial charge in [0.2, 0.25) is 5.91 Å². The van der Waals surface area contributed by atoms with Crippen molar-refractivity contribution in [2.45, 2.75) is 29.1 Å². The fourth-order valence-corrected chi connectivity index (χ4v) is 5.69. The Hall–Kier alpha value is -2.16. The van der Waals surface area contributed by atoms with Gasteiger partial charge in [0, 0.05) is 36.3 Å². The Kier molecular flexibility index (Phi) is 6.03. The fraction of sp³-hybridized carbons (Fsp3) is 0.333. The summed E-state index contributed by atoms with van der Waals surface area (Å²) in [7, 11) is 0.571. The van der Waals surface area contributed by atoms with Crippen LogP contribution in [-0.2, 0) is 15.8 Å². The van der Waals surface area contributed by atoms with Crippen molar-refractivity contribution in [2.24, 2.45) is 0 Å². The molecule has 2 aliphatic rings. The molecule has 4 rings (SSSR count). The zero-order chi connectivity index (χ0) is 20.4. The minimum Gasteiger partial charge on any atom is -0.322 e. The zero-order valence-electron chi connectivity index (χ0n) is 16.2. The highest BCUT2D eigenvalue weighted by molar-refractivity contribution is 8.00. The summed E-state index contributed by atoms with van der Waals surface area (Å²) >= 11 is 1.49. The second-order valence-corrected chi connectivity index (χ2v) is 9.64. The summed E-state index contributed by atoms with van der Waals surface area (Å²) in [5.74, 6) is 0.201. The number of hydrogen-bond donors (Lipinski definition) is 1. The normalized spacial score (nSPS) is 18.2. The van der Waals surface area contributed by atoms with E-state index in [1.807, 2.05) is 10.4 Å². The highest BCUT2D eigenvalue weighted by Gasteiger charge is 2.23. The molecule has 2 aliphatic heterocycles. The smallest absolute Gasteiger partial charge is 0.255 e. The van der Waals surface area contributed by atoms with Crippen molar-refractivity contribution in [1.82, 2.24) is 4.31 Å². The van der Waals surface area contributed by atoms with Crippen LogP contribution in [0.3, 0.4) is 0 Å². The average molecular weight is 430 g/mol. The number of carbonyl (C=O) groups is 2. The number of rotatable bonds is 4. The van der Waals surface area contributed by atoms with Gasteiger partial charge in [0.25, 0.3) is 5.91 Å². The minimum absolute atomic E-state index is 0.0253. The number of hydrogen-bond acceptors (Lipinski definition) is 4. The molecule has 2 aromatic carbocycles. The van der Waals surface area contributed by atoms with Gasteiger partial charge in [-0.05, 0) is 55.3 Å². The van der Waals surface area contributed by atoms with Crippen molar-refractivity contribution < 1.29 is 13.8 Å². The summed E-state index contributed by atoms with van der Waals surface area (Å²) in [5.41, 5.74) is 1.89. The summed E-state index contributed by atoms with van der Waals surface area (Å²) in [6.45, 7) is 1.72. The molecule has 1 saturated heterocycles. The molecule has 0 radical (unpaired) electrons. The number of fused-ring (bicyclic) bond motifs is 1. The number of nitrogens with zero attached hydrogens (tertiary/aromatic N) is 2. The van der Waals surface area contributed by atoms with E-state index in [2.05, 4.69) is 5.32 Å². The fourth-order valence-electron chi connectivity index (χ4n) is 3.45. The number of benzene rings is 2. The van der Waals surface area contributed by atoms with Gasteiger partial charge in [0.1, 0.15) is 11.0 Å². The van der Waals surface area contributed by atoms with E-state index in [0.29, 0.717) is 17.0 Å². The number of nitrogens with one attached hydrogen (secondary N) is 1. The van der Waals surface area contributed by atoms with Gasteiger partial charge in [-0.15, -0.1) is 11.8 Å². The molecule has 0 spiro atoms. The Morgan fingerprint density at radius 1 is 1.07 bits per heavy atom. The third-order valence-electron chi connectivity index (χ3n) is 5.17. The van der Waals surface area contributed by atoms with Crippen LogP contribution in [0.1, 0.15) is 29.6 Å².